The van der Waals surface area contributed by atoms with Crippen molar-refractivity contribution in [1.29, 1.82) is 0 Å². The molecule has 0 spiro atoms. The van der Waals surface area contributed by atoms with Crippen LogP contribution in [0.2, 0.25) is 0 Å². The lowest BCUT2D eigenvalue weighted by molar-refractivity contribution is -0.135. The number of nitrogens with two attached hydrogens (primary N) is 1. The van der Waals surface area contributed by atoms with Crippen molar-refractivity contribution < 1.29 is 4.79 Å². The Kier molecular flexibility index (Phi) is 5.62. The molecular weight excluding hydrogens is 220 g/mol. The molecular formula is C12H24N2OS. The van der Waals surface area contributed by atoms with E-state index in [0.717, 1.165) is 37.6 Å². The monoisotopic (exact) mass is 244 g/mol. The maximum Gasteiger partial charge on any atom is 0.239 e. The number of rotatable bonds is 4. The van der Waals surface area contributed by atoms with Crippen molar-refractivity contribution in [3.63, 3.8) is 0 Å². The van der Waals surface area contributed by atoms with Gasteiger partial charge in [-0.05, 0) is 36.7 Å². The van der Waals surface area contributed by atoms with Crippen molar-refractivity contribution in [1.82, 2.24) is 4.90 Å². The highest BCUT2D eigenvalue weighted by atomic mass is 32.2. The first kappa shape index (κ1) is 13.8. The zero-order chi connectivity index (χ0) is 12.1. The first-order chi connectivity index (χ1) is 7.56. The minimum absolute atomic E-state index is 0.146. The van der Waals surface area contributed by atoms with E-state index in [0.29, 0.717) is 5.92 Å². The Hall–Kier alpha value is -0.220. The summed E-state index contributed by atoms with van der Waals surface area (Å²) < 4.78 is 0. The van der Waals surface area contributed by atoms with Gasteiger partial charge in [-0.2, -0.15) is 11.8 Å². The maximum atomic E-state index is 12.0. The van der Waals surface area contributed by atoms with Crippen LogP contribution < -0.4 is 5.73 Å². The second kappa shape index (κ2) is 6.50. The molecule has 0 bridgehead atoms. The summed E-state index contributed by atoms with van der Waals surface area (Å²) in [5.74, 6) is 2.44. The molecule has 0 unspecified atom stereocenters. The van der Waals surface area contributed by atoms with E-state index in [4.69, 9.17) is 5.73 Å². The van der Waals surface area contributed by atoms with Crippen LogP contribution in [0.5, 0.6) is 0 Å². The third kappa shape index (κ3) is 3.67. The average molecular weight is 244 g/mol. The predicted octanol–water partition coefficient (Wildman–Crippen LogP) is 1.57. The Morgan fingerprint density at radius 1 is 1.50 bits per heavy atom. The molecule has 0 aromatic carbocycles. The van der Waals surface area contributed by atoms with Gasteiger partial charge < -0.3 is 10.6 Å². The lowest BCUT2D eigenvalue weighted by Crippen LogP contribution is -2.49. The van der Waals surface area contributed by atoms with Crippen molar-refractivity contribution >= 4 is 17.7 Å². The number of amides is 1. The van der Waals surface area contributed by atoms with E-state index in [1.54, 1.807) is 11.8 Å². The Labute approximate surface area is 103 Å². The fraction of sp³-hybridized carbons (Fsp3) is 0.917. The summed E-state index contributed by atoms with van der Waals surface area (Å²) in [6.45, 7) is 6.25. The molecule has 1 fully saturated rings. The van der Waals surface area contributed by atoms with E-state index in [-0.39, 0.29) is 11.9 Å². The third-order valence-corrected chi connectivity index (χ3v) is 4.24. The van der Waals surface area contributed by atoms with Crippen molar-refractivity contribution in [2.75, 3.05) is 25.1 Å². The molecule has 1 saturated heterocycles. The quantitative estimate of drug-likeness (QED) is 0.816. The Morgan fingerprint density at radius 3 is 2.75 bits per heavy atom. The van der Waals surface area contributed by atoms with Crippen molar-refractivity contribution in [3.05, 3.63) is 0 Å². The van der Waals surface area contributed by atoms with Gasteiger partial charge in [0, 0.05) is 13.1 Å². The normalized spacial score (nSPS) is 27.9. The standard InChI is InChI=1S/C12H24N2OS/c1-9-4-6-14(8-10(9)2)12(15)11(13)5-7-16-3/h9-11H,4-8,13H2,1-3H3/t9-,10-,11-/m0/s1. The maximum absolute atomic E-state index is 12.0. The van der Waals surface area contributed by atoms with E-state index < -0.39 is 0 Å². The van der Waals surface area contributed by atoms with Crippen molar-refractivity contribution in [2.45, 2.75) is 32.7 Å². The van der Waals surface area contributed by atoms with E-state index in [2.05, 4.69) is 13.8 Å². The summed E-state index contributed by atoms with van der Waals surface area (Å²) in [4.78, 5) is 14.0. The van der Waals surface area contributed by atoms with Gasteiger partial charge in [-0.1, -0.05) is 13.8 Å². The highest BCUT2D eigenvalue weighted by Crippen LogP contribution is 2.22. The molecule has 4 heteroatoms. The largest absolute Gasteiger partial charge is 0.341 e. The van der Waals surface area contributed by atoms with Crippen LogP contribution in [0.3, 0.4) is 0 Å². The Bertz CT molecular complexity index is 235. The van der Waals surface area contributed by atoms with E-state index >= 15 is 0 Å². The van der Waals surface area contributed by atoms with Gasteiger partial charge in [0.25, 0.3) is 0 Å². The van der Waals surface area contributed by atoms with Gasteiger partial charge >= 0.3 is 0 Å². The zero-order valence-corrected chi connectivity index (χ0v) is 11.4. The number of hydrogen-bond donors (Lipinski definition) is 1. The van der Waals surface area contributed by atoms with Crippen LogP contribution in [-0.4, -0.2) is 41.9 Å². The number of likely N-dealkylation sites (tertiary alicyclic amines) is 1. The van der Waals surface area contributed by atoms with Crippen LogP contribution in [0.4, 0.5) is 0 Å². The number of carbonyl (C=O) groups excluding carboxylic acids is 1. The summed E-state index contributed by atoms with van der Waals surface area (Å²) >= 11 is 1.74. The summed E-state index contributed by atoms with van der Waals surface area (Å²) in [5, 5.41) is 0. The van der Waals surface area contributed by atoms with Gasteiger partial charge in [0.1, 0.15) is 0 Å². The average Bonchev–Trinajstić information content (AvgIpc) is 2.28. The molecule has 94 valence electrons. The first-order valence-corrected chi connectivity index (χ1v) is 7.49. The molecule has 16 heavy (non-hydrogen) atoms. The predicted molar refractivity (Wildman–Crippen MR) is 70.5 cm³/mol. The fourth-order valence-electron chi connectivity index (χ4n) is 2.07. The first-order valence-electron chi connectivity index (χ1n) is 6.09. The van der Waals surface area contributed by atoms with Crippen molar-refractivity contribution in [2.24, 2.45) is 17.6 Å². The second-order valence-corrected chi connectivity index (χ2v) is 5.90. The second-order valence-electron chi connectivity index (χ2n) is 4.92. The highest BCUT2D eigenvalue weighted by molar-refractivity contribution is 7.98. The molecule has 3 nitrogen and oxygen atoms in total. The summed E-state index contributed by atoms with van der Waals surface area (Å²) in [6.07, 6.45) is 3.95. The number of piperidine rings is 1. The SMILES string of the molecule is CSCC[C@H](N)C(=O)N1CC[C@H](C)[C@@H](C)C1. The van der Waals surface area contributed by atoms with Gasteiger partial charge in [0.15, 0.2) is 0 Å². The van der Waals surface area contributed by atoms with Gasteiger partial charge in [-0.15, -0.1) is 0 Å². The lowest BCUT2D eigenvalue weighted by Gasteiger charge is -2.36. The zero-order valence-electron chi connectivity index (χ0n) is 10.6. The Morgan fingerprint density at radius 2 is 2.19 bits per heavy atom. The van der Waals surface area contributed by atoms with Crippen LogP contribution in [0.25, 0.3) is 0 Å². The van der Waals surface area contributed by atoms with E-state index in [1.165, 1.54) is 0 Å². The topological polar surface area (TPSA) is 46.3 Å². The lowest BCUT2D eigenvalue weighted by atomic mass is 9.88. The molecule has 1 aliphatic heterocycles. The molecule has 1 rings (SSSR count). The van der Waals surface area contributed by atoms with Gasteiger partial charge in [0.05, 0.1) is 6.04 Å². The number of hydrogen-bond acceptors (Lipinski definition) is 3. The summed E-state index contributed by atoms with van der Waals surface area (Å²) in [5.41, 5.74) is 5.91. The molecule has 1 heterocycles. The molecule has 1 aliphatic rings. The smallest absolute Gasteiger partial charge is 0.239 e. The van der Waals surface area contributed by atoms with E-state index in [1.807, 2.05) is 11.2 Å². The van der Waals surface area contributed by atoms with E-state index in [9.17, 15) is 4.79 Å². The van der Waals surface area contributed by atoms with Crippen LogP contribution >= 0.6 is 11.8 Å². The molecule has 0 radical (unpaired) electrons. The molecule has 0 aromatic rings. The minimum atomic E-state index is -0.298. The summed E-state index contributed by atoms with van der Waals surface area (Å²) in [6, 6.07) is -0.298. The molecule has 1 amide bonds. The number of thioether (sulfide) groups is 1. The molecule has 0 aliphatic carbocycles. The van der Waals surface area contributed by atoms with Crippen LogP contribution in [0.15, 0.2) is 0 Å². The fourth-order valence-corrected chi connectivity index (χ4v) is 2.56. The van der Waals surface area contributed by atoms with Crippen LogP contribution in [0.1, 0.15) is 26.7 Å². The van der Waals surface area contributed by atoms with Gasteiger partial charge in [-0.25, -0.2) is 0 Å². The molecule has 2 N–H and O–H groups in total. The number of carbonyl (C=O) groups is 1. The van der Waals surface area contributed by atoms with Crippen LogP contribution in [-0.2, 0) is 4.79 Å². The van der Waals surface area contributed by atoms with Gasteiger partial charge in [-0.3, -0.25) is 4.79 Å². The van der Waals surface area contributed by atoms with Crippen LogP contribution in [0, 0.1) is 11.8 Å². The number of nitrogens with zero attached hydrogens (tertiary/aromatic N) is 1. The molecule has 3 atom stereocenters. The summed E-state index contributed by atoms with van der Waals surface area (Å²) in [7, 11) is 0. The molecule has 0 aromatic heterocycles. The van der Waals surface area contributed by atoms with Crippen molar-refractivity contribution in [3.8, 4) is 0 Å². The minimum Gasteiger partial charge on any atom is -0.341 e. The third-order valence-electron chi connectivity index (χ3n) is 3.60. The van der Waals surface area contributed by atoms with Gasteiger partial charge in [0.2, 0.25) is 5.91 Å². The Balaban J connectivity index is 2.42. The molecule has 0 saturated carbocycles. The highest BCUT2D eigenvalue weighted by Gasteiger charge is 2.28.